The van der Waals surface area contributed by atoms with E-state index in [-0.39, 0.29) is 0 Å². The summed E-state index contributed by atoms with van der Waals surface area (Å²) in [5, 5.41) is 0. The third-order valence-electron chi connectivity index (χ3n) is 4.79. The van der Waals surface area contributed by atoms with Crippen LogP contribution in [0, 0.1) is 5.92 Å². The summed E-state index contributed by atoms with van der Waals surface area (Å²) in [5.41, 5.74) is 7.71. The van der Waals surface area contributed by atoms with E-state index >= 15 is 0 Å². The second-order valence-electron chi connectivity index (χ2n) is 6.56. The van der Waals surface area contributed by atoms with Crippen LogP contribution in [0.25, 0.3) is 22.4 Å². The van der Waals surface area contributed by atoms with E-state index in [0.717, 1.165) is 24.5 Å². The van der Waals surface area contributed by atoms with Crippen LogP contribution in [0.2, 0.25) is 0 Å². The van der Waals surface area contributed by atoms with Crippen molar-refractivity contribution in [2.24, 2.45) is 5.92 Å². The van der Waals surface area contributed by atoms with Gasteiger partial charge in [0.1, 0.15) is 0 Å². The quantitative estimate of drug-likeness (QED) is 0.605. The van der Waals surface area contributed by atoms with Gasteiger partial charge in [-0.3, -0.25) is 4.98 Å². The van der Waals surface area contributed by atoms with Crippen LogP contribution in [0.1, 0.15) is 24.6 Å². The summed E-state index contributed by atoms with van der Waals surface area (Å²) in [6.45, 7) is 2.34. The van der Waals surface area contributed by atoms with Gasteiger partial charge in [0.15, 0.2) is 0 Å². The van der Waals surface area contributed by atoms with Gasteiger partial charge in [-0.1, -0.05) is 67.6 Å². The van der Waals surface area contributed by atoms with Gasteiger partial charge in [0.05, 0.1) is 5.69 Å². The molecule has 1 aromatic heterocycles. The molecule has 1 heteroatoms. The molecule has 0 amide bonds. The van der Waals surface area contributed by atoms with E-state index in [4.69, 9.17) is 4.98 Å². The highest BCUT2D eigenvalue weighted by Gasteiger charge is 2.21. The predicted molar refractivity (Wildman–Crippen MR) is 96.3 cm³/mol. The zero-order valence-corrected chi connectivity index (χ0v) is 13.5. The molecule has 1 unspecified atom stereocenters. The first kappa shape index (κ1) is 14.2. The molecular formula is C22H21N. The molecule has 0 spiro atoms. The van der Waals surface area contributed by atoms with Crippen LogP contribution in [0.4, 0.5) is 0 Å². The van der Waals surface area contributed by atoms with Gasteiger partial charge in [-0.15, -0.1) is 0 Å². The number of rotatable bonds is 2. The Hall–Kier alpha value is -2.41. The number of hydrogen-bond acceptors (Lipinski definition) is 1. The molecule has 0 bridgehead atoms. The highest BCUT2D eigenvalue weighted by molar-refractivity contribution is 5.74. The lowest BCUT2D eigenvalue weighted by Crippen LogP contribution is -2.14. The molecule has 0 saturated heterocycles. The Kier molecular flexibility index (Phi) is 3.70. The van der Waals surface area contributed by atoms with Gasteiger partial charge in [-0.2, -0.15) is 0 Å². The average molecular weight is 299 g/mol. The summed E-state index contributed by atoms with van der Waals surface area (Å²) in [6, 6.07) is 23.5. The highest BCUT2D eigenvalue weighted by Crippen LogP contribution is 2.35. The average Bonchev–Trinajstić information content (AvgIpc) is 2.62. The third kappa shape index (κ3) is 2.79. The molecule has 1 nitrogen and oxygen atoms in total. The Morgan fingerprint density at radius 2 is 1.52 bits per heavy atom. The van der Waals surface area contributed by atoms with Gasteiger partial charge in [0, 0.05) is 11.3 Å². The molecule has 1 atom stereocenters. The van der Waals surface area contributed by atoms with Gasteiger partial charge >= 0.3 is 0 Å². The fourth-order valence-electron chi connectivity index (χ4n) is 3.53. The minimum Gasteiger partial charge on any atom is -0.253 e. The second-order valence-corrected chi connectivity index (χ2v) is 6.56. The number of benzene rings is 2. The highest BCUT2D eigenvalue weighted by atomic mass is 14.7. The van der Waals surface area contributed by atoms with Crippen LogP contribution < -0.4 is 0 Å². The Bertz CT molecular complexity index is 806. The van der Waals surface area contributed by atoms with Crippen LogP contribution in [0.3, 0.4) is 0 Å². The van der Waals surface area contributed by atoms with Crippen molar-refractivity contribution in [1.29, 1.82) is 0 Å². The molecule has 0 N–H and O–H groups in total. The van der Waals surface area contributed by atoms with Crippen molar-refractivity contribution < 1.29 is 0 Å². The standard InChI is InChI=1S/C22H21N/c1-16-12-13-19-20(17-8-4-2-5-9-17)15-21(23-22(19)14-16)18-10-6-3-7-11-18/h2-11,15-16H,12-14H2,1H3. The first-order valence-corrected chi connectivity index (χ1v) is 8.45. The molecule has 0 saturated carbocycles. The molecule has 1 aliphatic carbocycles. The summed E-state index contributed by atoms with van der Waals surface area (Å²) in [4.78, 5) is 5.02. The third-order valence-corrected chi connectivity index (χ3v) is 4.79. The Labute approximate surface area is 138 Å². The molecule has 3 aromatic rings. The van der Waals surface area contributed by atoms with E-state index in [2.05, 4.69) is 73.7 Å². The lowest BCUT2D eigenvalue weighted by molar-refractivity contribution is 0.493. The van der Waals surface area contributed by atoms with Crippen LogP contribution in [0.5, 0.6) is 0 Å². The number of hydrogen-bond donors (Lipinski definition) is 0. The van der Waals surface area contributed by atoms with E-state index < -0.39 is 0 Å². The Morgan fingerprint density at radius 1 is 0.870 bits per heavy atom. The maximum absolute atomic E-state index is 5.02. The molecule has 4 rings (SSSR count). The smallest absolute Gasteiger partial charge is 0.0711 e. The summed E-state index contributed by atoms with van der Waals surface area (Å²) in [7, 11) is 0. The number of pyridine rings is 1. The van der Waals surface area contributed by atoms with E-state index in [1.54, 1.807) is 0 Å². The number of aromatic nitrogens is 1. The molecule has 2 aromatic carbocycles. The number of nitrogens with zero attached hydrogens (tertiary/aromatic N) is 1. The molecule has 23 heavy (non-hydrogen) atoms. The fourth-order valence-corrected chi connectivity index (χ4v) is 3.53. The minimum absolute atomic E-state index is 0.727. The van der Waals surface area contributed by atoms with Gasteiger partial charge in [-0.25, -0.2) is 0 Å². The van der Waals surface area contributed by atoms with Gasteiger partial charge in [0.2, 0.25) is 0 Å². The van der Waals surface area contributed by atoms with Crippen LogP contribution in [-0.2, 0) is 12.8 Å². The molecule has 1 heterocycles. The fraction of sp³-hybridized carbons (Fsp3) is 0.227. The largest absolute Gasteiger partial charge is 0.253 e. The van der Waals surface area contributed by atoms with Crippen LogP contribution in [-0.4, -0.2) is 4.98 Å². The number of fused-ring (bicyclic) bond motifs is 1. The van der Waals surface area contributed by atoms with Crippen LogP contribution in [0.15, 0.2) is 66.7 Å². The van der Waals surface area contributed by atoms with Gasteiger partial charge < -0.3 is 0 Å². The molecule has 0 fully saturated rings. The zero-order valence-electron chi connectivity index (χ0n) is 13.5. The monoisotopic (exact) mass is 299 g/mol. The predicted octanol–water partition coefficient (Wildman–Crippen LogP) is 5.54. The van der Waals surface area contributed by atoms with E-state index in [1.807, 2.05) is 0 Å². The van der Waals surface area contributed by atoms with Crippen LogP contribution >= 0.6 is 0 Å². The molecule has 1 aliphatic rings. The Balaban J connectivity index is 1.92. The van der Waals surface area contributed by atoms with Crippen molar-refractivity contribution >= 4 is 0 Å². The van der Waals surface area contributed by atoms with Crippen molar-refractivity contribution in [3.8, 4) is 22.4 Å². The summed E-state index contributed by atoms with van der Waals surface area (Å²) in [5.74, 6) is 0.727. The van der Waals surface area contributed by atoms with E-state index in [9.17, 15) is 0 Å². The minimum atomic E-state index is 0.727. The van der Waals surface area contributed by atoms with Gasteiger partial charge in [0.25, 0.3) is 0 Å². The summed E-state index contributed by atoms with van der Waals surface area (Å²) < 4.78 is 0. The summed E-state index contributed by atoms with van der Waals surface area (Å²) in [6.07, 6.45) is 3.50. The van der Waals surface area contributed by atoms with Crippen molar-refractivity contribution in [2.75, 3.05) is 0 Å². The maximum atomic E-state index is 5.02. The lowest BCUT2D eigenvalue weighted by Gasteiger charge is -2.24. The first-order valence-electron chi connectivity index (χ1n) is 8.45. The van der Waals surface area contributed by atoms with Crippen molar-refractivity contribution in [1.82, 2.24) is 4.98 Å². The second kappa shape index (κ2) is 6.00. The van der Waals surface area contributed by atoms with E-state index in [1.165, 1.54) is 34.4 Å². The van der Waals surface area contributed by atoms with Crippen molar-refractivity contribution in [2.45, 2.75) is 26.2 Å². The summed E-state index contributed by atoms with van der Waals surface area (Å²) >= 11 is 0. The SMILES string of the molecule is CC1CCc2c(-c3ccccc3)cc(-c3ccccc3)nc2C1. The first-order chi connectivity index (χ1) is 11.3. The normalized spacial score (nSPS) is 16.8. The molecule has 114 valence electrons. The van der Waals surface area contributed by atoms with Crippen molar-refractivity contribution in [3.63, 3.8) is 0 Å². The maximum Gasteiger partial charge on any atom is 0.0711 e. The topological polar surface area (TPSA) is 12.9 Å². The van der Waals surface area contributed by atoms with Crippen molar-refractivity contribution in [3.05, 3.63) is 78.0 Å². The zero-order chi connectivity index (χ0) is 15.6. The van der Waals surface area contributed by atoms with Gasteiger partial charge in [-0.05, 0) is 47.9 Å². The molecule has 0 radical (unpaired) electrons. The van der Waals surface area contributed by atoms with E-state index in [0.29, 0.717) is 0 Å². The molecular weight excluding hydrogens is 278 g/mol. The lowest BCUT2D eigenvalue weighted by atomic mass is 9.83. The molecule has 0 aliphatic heterocycles. The Morgan fingerprint density at radius 3 is 2.22 bits per heavy atom.